The van der Waals surface area contributed by atoms with Crippen molar-refractivity contribution in [3.8, 4) is 17.2 Å². The Hall–Kier alpha value is -3.36. The van der Waals surface area contributed by atoms with Crippen molar-refractivity contribution in [2.45, 2.75) is 20.0 Å². The molecule has 0 fully saturated rings. The van der Waals surface area contributed by atoms with Crippen molar-refractivity contribution in [1.82, 2.24) is 5.43 Å². The van der Waals surface area contributed by atoms with Crippen molar-refractivity contribution in [3.63, 3.8) is 0 Å². The minimum Gasteiger partial charge on any atom is -0.494 e. The van der Waals surface area contributed by atoms with Gasteiger partial charge < -0.3 is 14.2 Å². The van der Waals surface area contributed by atoms with E-state index in [4.69, 9.17) is 25.8 Å². The summed E-state index contributed by atoms with van der Waals surface area (Å²) in [7, 11) is 0. The van der Waals surface area contributed by atoms with Gasteiger partial charge >= 0.3 is 5.97 Å². The van der Waals surface area contributed by atoms with Gasteiger partial charge in [-0.3, -0.25) is 4.79 Å². The summed E-state index contributed by atoms with van der Waals surface area (Å²) in [4.78, 5) is 24.9. The Labute approximate surface area is 210 Å². The number of esters is 1. The molecule has 0 aromatic heterocycles. The number of carbonyl (C=O) groups excluding carboxylic acids is 2. The topological polar surface area (TPSA) is 86.2 Å². The number of nitrogens with zero attached hydrogens (tertiary/aromatic N) is 1. The first-order valence-corrected chi connectivity index (χ1v) is 11.5. The van der Waals surface area contributed by atoms with E-state index in [2.05, 4.69) is 26.5 Å². The molecule has 176 valence electrons. The average Bonchev–Trinajstić information content (AvgIpc) is 2.81. The Bertz CT molecular complexity index is 1180. The van der Waals surface area contributed by atoms with Gasteiger partial charge in [0.25, 0.3) is 5.91 Å². The molecule has 3 aromatic rings. The molecule has 1 amide bonds. The van der Waals surface area contributed by atoms with Gasteiger partial charge in [-0.25, -0.2) is 10.2 Å². The average molecular weight is 546 g/mol. The Kier molecular flexibility index (Phi) is 9.07. The molecule has 1 N–H and O–H groups in total. The lowest BCUT2D eigenvalue weighted by Gasteiger charge is -2.13. The molecule has 0 heterocycles. The number of nitrogens with one attached hydrogen (secondary N) is 1. The second-order valence-electron chi connectivity index (χ2n) is 6.98. The molecular formula is C25H22BrClN2O5. The zero-order chi connectivity index (χ0) is 24.5. The summed E-state index contributed by atoms with van der Waals surface area (Å²) in [6, 6.07) is 18.5. The Morgan fingerprint density at radius 1 is 1.09 bits per heavy atom. The van der Waals surface area contributed by atoms with Gasteiger partial charge in [0.15, 0.2) is 6.10 Å². The van der Waals surface area contributed by atoms with Crippen LogP contribution in [-0.2, 0) is 4.79 Å². The monoisotopic (exact) mass is 544 g/mol. The van der Waals surface area contributed by atoms with Crippen molar-refractivity contribution < 1.29 is 23.8 Å². The van der Waals surface area contributed by atoms with Crippen molar-refractivity contribution >= 4 is 45.6 Å². The predicted octanol–water partition coefficient (Wildman–Crippen LogP) is 5.64. The molecule has 9 heteroatoms. The zero-order valence-electron chi connectivity index (χ0n) is 18.5. The van der Waals surface area contributed by atoms with E-state index in [1.54, 1.807) is 73.7 Å². The number of ether oxygens (including phenoxy) is 3. The Morgan fingerprint density at radius 3 is 2.56 bits per heavy atom. The first-order valence-electron chi connectivity index (χ1n) is 10.4. The van der Waals surface area contributed by atoms with Crippen LogP contribution in [0.3, 0.4) is 0 Å². The van der Waals surface area contributed by atoms with E-state index in [1.807, 2.05) is 6.92 Å². The van der Waals surface area contributed by atoms with Crippen molar-refractivity contribution in [2.24, 2.45) is 5.10 Å². The summed E-state index contributed by atoms with van der Waals surface area (Å²) in [6.45, 7) is 4.01. The molecule has 1 unspecified atom stereocenters. The lowest BCUT2D eigenvalue weighted by Crippen LogP contribution is -2.33. The van der Waals surface area contributed by atoms with Gasteiger partial charge in [-0.1, -0.05) is 33.6 Å². The van der Waals surface area contributed by atoms with Crippen molar-refractivity contribution in [3.05, 3.63) is 87.4 Å². The van der Waals surface area contributed by atoms with E-state index in [1.165, 1.54) is 6.21 Å². The van der Waals surface area contributed by atoms with Crippen LogP contribution in [0.2, 0.25) is 5.02 Å². The number of benzene rings is 3. The predicted molar refractivity (Wildman–Crippen MR) is 134 cm³/mol. The molecule has 3 rings (SSSR count). The van der Waals surface area contributed by atoms with Gasteiger partial charge in [0, 0.05) is 15.1 Å². The molecule has 34 heavy (non-hydrogen) atoms. The van der Waals surface area contributed by atoms with Gasteiger partial charge in [-0.05, 0) is 74.5 Å². The number of hydrogen-bond donors (Lipinski definition) is 1. The van der Waals surface area contributed by atoms with E-state index in [9.17, 15) is 9.59 Å². The van der Waals surface area contributed by atoms with E-state index in [0.29, 0.717) is 34.3 Å². The molecule has 0 aliphatic carbocycles. The number of hydrogen-bond acceptors (Lipinski definition) is 6. The SMILES string of the molecule is CCOc1ccc(C(=O)Oc2ccc(Br)cc2/C=N/NC(=O)C(C)Oc2cccc(Cl)c2)cc1. The van der Waals surface area contributed by atoms with Gasteiger partial charge in [0.1, 0.15) is 17.2 Å². The van der Waals surface area contributed by atoms with Crippen LogP contribution in [0.4, 0.5) is 0 Å². The van der Waals surface area contributed by atoms with E-state index in [0.717, 1.165) is 4.47 Å². The maximum absolute atomic E-state index is 12.6. The van der Waals surface area contributed by atoms with Gasteiger partial charge in [-0.2, -0.15) is 5.10 Å². The minimum atomic E-state index is -0.810. The molecule has 0 spiro atoms. The number of rotatable bonds is 9. The van der Waals surface area contributed by atoms with Crippen molar-refractivity contribution in [2.75, 3.05) is 6.61 Å². The summed E-state index contributed by atoms with van der Waals surface area (Å²) in [5, 5.41) is 4.48. The fourth-order valence-electron chi connectivity index (χ4n) is 2.78. The van der Waals surface area contributed by atoms with Crippen molar-refractivity contribution in [1.29, 1.82) is 0 Å². The summed E-state index contributed by atoms with van der Waals surface area (Å²) < 4.78 is 17.2. The van der Waals surface area contributed by atoms with E-state index >= 15 is 0 Å². The minimum absolute atomic E-state index is 0.281. The van der Waals surface area contributed by atoms with Crippen LogP contribution in [-0.4, -0.2) is 30.8 Å². The molecule has 0 saturated heterocycles. The number of carbonyl (C=O) groups is 2. The quantitative estimate of drug-likeness (QED) is 0.163. The maximum atomic E-state index is 12.6. The third kappa shape index (κ3) is 7.33. The normalized spacial score (nSPS) is 11.6. The number of halogens is 2. The highest BCUT2D eigenvalue weighted by Gasteiger charge is 2.15. The Balaban J connectivity index is 1.64. The van der Waals surface area contributed by atoms with Gasteiger partial charge in [0.05, 0.1) is 18.4 Å². The second-order valence-corrected chi connectivity index (χ2v) is 8.33. The molecule has 0 aliphatic rings. The van der Waals surface area contributed by atoms with Gasteiger partial charge in [-0.15, -0.1) is 0 Å². The third-order valence-corrected chi connectivity index (χ3v) is 5.16. The molecular weight excluding hydrogens is 524 g/mol. The molecule has 0 saturated carbocycles. The maximum Gasteiger partial charge on any atom is 0.343 e. The van der Waals surface area contributed by atoms with Gasteiger partial charge in [0.2, 0.25) is 0 Å². The summed E-state index contributed by atoms with van der Waals surface area (Å²) in [5.74, 6) is 0.421. The second kappa shape index (κ2) is 12.2. The van der Waals surface area contributed by atoms with Crippen LogP contribution in [0.1, 0.15) is 29.8 Å². The largest absolute Gasteiger partial charge is 0.494 e. The fraction of sp³-hybridized carbons (Fsp3) is 0.160. The highest BCUT2D eigenvalue weighted by Crippen LogP contribution is 2.23. The molecule has 7 nitrogen and oxygen atoms in total. The Morgan fingerprint density at radius 2 is 1.85 bits per heavy atom. The summed E-state index contributed by atoms with van der Waals surface area (Å²) >= 11 is 9.32. The molecule has 0 bridgehead atoms. The zero-order valence-corrected chi connectivity index (χ0v) is 20.8. The molecule has 0 radical (unpaired) electrons. The highest BCUT2D eigenvalue weighted by atomic mass is 79.9. The van der Waals surface area contributed by atoms with Crippen LogP contribution in [0.25, 0.3) is 0 Å². The van der Waals surface area contributed by atoms with Crippen LogP contribution in [0.5, 0.6) is 17.2 Å². The third-order valence-electron chi connectivity index (χ3n) is 4.43. The molecule has 1 atom stereocenters. The standard InChI is InChI=1S/C25H22BrClN2O5/c1-3-32-21-10-7-17(8-11-21)25(31)34-23-12-9-19(26)13-18(23)15-28-29-24(30)16(2)33-22-6-4-5-20(27)14-22/h4-16H,3H2,1-2H3,(H,29,30)/b28-15+. The first-order chi connectivity index (χ1) is 16.4. The van der Waals surface area contributed by atoms with Crippen LogP contribution in [0.15, 0.2) is 76.3 Å². The smallest absolute Gasteiger partial charge is 0.343 e. The van der Waals surface area contributed by atoms with E-state index < -0.39 is 18.0 Å². The highest BCUT2D eigenvalue weighted by molar-refractivity contribution is 9.10. The molecule has 0 aliphatic heterocycles. The van der Waals surface area contributed by atoms with E-state index in [-0.39, 0.29) is 5.75 Å². The van der Waals surface area contributed by atoms with Crippen LogP contribution < -0.4 is 19.6 Å². The lowest BCUT2D eigenvalue weighted by atomic mass is 10.2. The fourth-order valence-corrected chi connectivity index (χ4v) is 3.34. The first kappa shape index (κ1) is 25.3. The number of hydrazone groups is 1. The van der Waals surface area contributed by atoms with Crippen LogP contribution >= 0.6 is 27.5 Å². The summed E-state index contributed by atoms with van der Waals surface area (Å²) in [6.07, 6.45) is 0.574. The molecule has 3 aromatic carbocycles. The lowest BCUT2D eigenvalue weighted by molar-refractivity contribution is -0.127. The number of amides is 1. The summed E-state index contributed by atoms with van der Waals surface area (Å²) in [5.41, 5.74) is 3.27. The van der Waals surface area contributed by atoms with Crippen LogP contribution in [0, 0.1) is 0 Å².